The van der Waals surface area contributed by atoms with E-state index in [4.69, 9.17) is 5.84 Å². The minimum atomic E-state index is 0.230. The molecular weight excluding hydrogens is 318 g/mol. The molecule has 0 aliphatic carbocycles. The lowest BCUT2D eigenvalue weighted by atomic mass is 10.2. The third-order valence-electron chi connectivity index (χ3n) is 2.72. The predicted molar refractivity (Wildman–Crippen MR) is 86.1 cm³/mol. The maximum absolute atomic E-state index is 5.45. The number of anilines is 3. The molecule has 6 heteroatoms. The Kier molecular flexibility index (Phi) is 4.57. The highest BCUT2D eigenvalue weighted by atomic mass is 79.9. The van der Waals surface area contributed by atoms with E-state index in [9.17, 15) is 0 Å². The fourth-order valence-corrected chi connectivity index (χ4v) is 2.43. The summed E-state index contributed by atoms with van der Waals surface area (Å²) >= 11 is 3.49. The number of nitrogen functional groups attached to an aromatic ring is 1. The number of nitrogens with two attached hydrogens (primary N) is 1. The first-order chi connectivity index (χ1) is 9.47. The molecule has 0 amide bonds. The summed E-state index contributed by atoms with van der Waals surface area (Å²) < 4.78 is 1.02. The zero-order valence-corrected chi connectivity index (χ0v) is 13.3. The summed E-state index contributed by atoms with van der Waals surface area (Å²) in [6, 6.07) is 7.89. The van der Waals surface area contributed by atoms with Gasteiger partial charge >= 0.3 is 0 Å². The van der Waals surface area contributed by atoms with Crippen molar-refractivity contribution in [2.75, 3.05) is 10.7 Å². The molecule has 5 nitrogen and oxygen atoms in total. The summed E-state index contributed by atoms with van der Waals surface area (Å²) in [6.45, 7) is 6.13. The second-order valence-corrected chi connectivity index (χ2v) is 5.85. The van der Waals surface area contributed by atoms with E-state index >= 15 is 0 Å². The van der Waals surface area contributed by atoms with Crippen molar-refractivity contribution >= 4 is 33.3 Å². The number of nitrogens with zero attached hydrogens (tertiary/aromatic N) is 2. The standard InChI is InChI=1S/C14H18BrN5/c1-8(2)14-18-12(7-13(19-14)20-16)17-11-5-9(3)4-10(15)6-11/h4-8H,16H2,1-3H3,(H2,17,18,19,20). The van der Waals surface area contributed by atoms with Crippen LogP contribution >= 0.6 is 15.9 Å². The predicted octanol–water partition coefficient (Wildman–Crippen LogP) is 3.70. The van der Waals surface area contributed by atoms with Crippen molar-refractivity contribution in [3.63, 3.8) is 0 Å². The van der Waals surface area contributed by atoms with E-state index in [2.05, 4.69) is 48.8 Å². The molecule has 2 rings (SSSR count). The Bertz CT molecular complexity index is 592. The van der Waals surface area contributed by atoms with Crippen LogP contribution in [0.3, 0.4) is 0 Å². The van der Waals surface area contributed by atoms with E-state index in [-0.39, 0.29) is 5.92 Å². The highest BCUT2D eigenvalue weighted by molar-refractivity contribution is 9.10. The van der Waals surface area contributed by atoms with E-state index in [1.807, 2.05) is 26.8 Å². The number of rotatable bonds is 4. The summed E-state index contributed by atoms with van der Waals surface area (Å²) in [5.74, 6) is 7.74. The number of halogens is 1. The highest BCUT2D eigenvalue weighted by Gasteiger charge is 2.08. The molecule has 20 heavy (non-hydrogen) atoms. The van der Waals surface area contributed by atoms with Gasteiger partial charge in [-0.15, -0.1) is 0 Å². The lowest BCUT2D eigenvalue weighted by Gasteiger charge is -2.12. The van der Waals surface area contributed by atoms with Crippen LogP contribution in [0.5, 0.6) is 0 Å². The average Bonchev–Trinajstić information content (AvgIpc) is 2.36. The van der Waals surface area contributed by atoms with Crippen LogP contribution in [-0.4, -0.2) is 9.97 Å². The van der Waals surface area contributed by atoms with E-state index in [1.165, 1.54) is 0 Å². The number of benzene rings is 1. The first kappa shape index (κ1) is 14.7. The second kappa shape index (κ2) is 6.19. The molecule has 1 heterocycles. The van der Waals surface area contributed by atoms with Crippen LogP contribution in [0, 0.1) is 6.92 Å². The highest BCUT2D eigenvalue weighted by Crippen LogP contribution is 2.24. The Balaban J connectivity index is 2.34. The fourth-order valence-electron chi connectivity index (χ4n) is 1.82. The summed E-state index contributed by atoms with van der Waals surface area (Å²) in [4.78, 5) is 8.83. The molecule has 2 aromatic rings. The molecular formula is C14H18BrN5. The fraction of sp³-hybridized carbons (Fsp3) is 0.286. The Labute approximate surface area is 127 Å². The van der Waals surface area contributed by atoms with Gasteiger partial charge in [0.1, 0.15) is 17.5 Å². The molecule has 1 aromatic carbocycles. The van der Waals surface area contributed by atoms with Gasteiger partial charge in [-0.05, 0) is 30.7 Å². The van der Waals surface area contributed by atoms with Gasteiger partial charge in [0.15, 0.2) is 0 Å². The largest absolute Gasteiger partial charge is 0.340 e. The molecule has 1 aromatic heterocycles. The van der Waals surface area contributed by atoms with Crippen molar-refractivity contribution in [3.05, 3.63) is 40.1 Å². The molecule has 106 valence electrons. The van der Waals surface area contributed by atoms with Crippen LogP contribution in [-0.2, 0) is 0 Å². The Morgan fingerprint density at radius 2 is 1.80 bits per heavy atom. The molecule has 0 fully saturated rings. The van der Waals surface area contributed by atoms with E-state index in [1.54, 1.807) is 6.07 Å². The minimum absolute atomic E-state index is 0.230. The molecule has 0 radical (unpaired) electrons. The number of hydrogen-bond acceptors (Lipinski definition) is 5. The maximum atomic E-state index is 5.45. The van der Waals surface area contributed by atoms with Gasteiger partial charge in [-0.1, -0.05) is 29.8 Å². The van der Waals surface area contributed by atoms with E-state index < -0.39 is 0 Å². The van der Waals surface area contributed by atoms with Crippen molar-refractivity contribution in [3.8, 4) is 0 Å². The number of aromatic nitrogens is 2. The summed E-state index contributed by atoms with van der Waals surface area (Å²) in [7, 11) is 0. The monoisotopic (exact) mass is 335 g/mol. The number of aryl methyl sites for hydroxylation is 1. The quantitative estimate of drug-likeness (QED) is 0.586. The van der Waals surface area contributed by atoms with Gasteiger partial charge in [-0.2, -0.15) is 0 Å². The summed E-state index contributed by atoms with van der Waals surface area (Å²) in [5, 5.41) is 3.28. The molecule has 4 N–H and O–H groups in total. The van der Waals surface area contributed by atoms with Crippen LogP contribution in [0.2, 0.25) is 0 Å². The van der Waals surface area contributed by atoms with Gasteiger partial charge in [-0.25, -0.2) is 15.8 Å². The van der Waals surface area contributed by atoms with Gasteiger partial charge in [0.25, 0.3) is 0 Å². The van der Waals surface area contributed by atoms with Gasteiger partial charge in [0.2, 0.25) is 0 Å². The van der Waals surface area contributed by atoms with E-state index in [0.29, 0.717) is 11.6 Å². The summed E-state index contributed by atoms with van der Waals surface area (Å²) in [6.07, 6.45) is 0. The van der Waals surface area contributed by atoms with Gasteiger partial charge < -0.3 is 10.7 Å². The van der Waals surface area contributed by atoms with E-state index in [0.717, 1.165) is 21.5 Å². The molecule has 0 saturated carbocycles. The lowest BCUT2D eigenvalue weighted by Crippen LogP contribution is -2.12. The SMILES string of the molecule is Cc1cc(Br)cc(Nc2cc(NN)nc(C(C)C)n2)c1. The maximum Gasteiger partial charge on any atom is 0.145 e. The zero-order valence-electron chi connectivity index (χ0n) is 11.7. The lowest BCUT2D eigenvalue weighted by molar-refractivity contribution is 0.777. The van der Waals surface area contributed by atoms with Crippen molar-refractivity contribution < 1.29 is 0 Å². The third kappa shape index (κ3) is 3.68. The zero-order chi connectivity index (χ0) is 14.7. The van der Waals surface area contributed by atoms with Gasteiger partial charge in [-0.3, -0.25) is 0 Å². The topological polar surface area (TPSA) is 75.9 Å². The van der Waals surface area contributed by atoms with Crippen LogP contribution in [0.15, 0.2) is 28.7 Å². The minimum Gasteiger partial charge on any atom is -0.340 e. The summed E-state index contributed by atoms with van der Waals surface area (Å²) in [5.41, 5.74) is 4.70. The smallest absolute Gasteiger partial charge is 0.145 e. The molecule has 0 aliphatic heterocycles. The molecule has 0 atom stereocenters. The van der Waals surface area contributed by atoms with Crippen molar-refractivity contribution in [1.29, 1.82) is 0 Å². The Morgan fingerprint density at radius 1 is 1.10 bits per heavy atom. The Morgan fingerprint density at radius 3 is 2.40 bits per heavy atom. The molecule has 0 aliphatic rings. The van der Waals surface area contributed by atoms with Crippen LogP contribution in [0.1, 0.15) is 31.2 Å². The van der Waals surface area contributed by atoms with Crippen LogP contribution in [0.4, 0.5) is 17.3 Å². The first-order valence-electron chi connectivity index (χ1n) is 6.37. The number of hydrogen-bond donors (Lipinski definition) is 3. The molecule has 0 saturated heterocycles. The van der Waals surface area contributed by atoms with Crippen LogP contribution < -0.4 is 16.6 Å². The van der Waals surface area contributed by atoms with Crippen molar-refractivity contribution in [1.82, 2.24) is 9.97 Å². The number of hydrazine groups is 1. The second-order valence-electron chi connectivity index (χ2n) is 4.94. The third-order valence-corrected chi connectivity index (χ3v) is 3.18. The number of nitrogens with one attached hydrogen (secondary N) is 2. The molecule has 0 unspecified atom stereocenters. The average molecular weight is 336 g/mol. The van der Waals surface area contributed by atoms with Crippen molar-refractivity contribution in [2.45, 2.75) is 26.7 Å². The van der Waals surface area contributed by atoms with Gasteiger partial charge in [0.05, 0.1) is 0 Å². The normalized spacial score (nSPS) is 10.7. The van der Waals surface area contributed by atoms with Crippen molar-refractivity contribution in [2.24, 2.45) is 5.84 Å². The first-order valence-corrected chi connectivity index (χ1v) is 7.17. The Hall–Kier alpha value is -1.66. The molecule has 0 spiro atoms. The van der Waals surface area contributed by atoms with Gasteiger partial charge in [0, 0.05) is 22.1 Å². The van der Waals surface area contributed by atoms with Crippen LogP contribution in [0.25, 0.3) is 0 Å². The molecule has 0 bridgehead atoms.